The molecule has 2 nitrogen and oxygen atoms in total. The summed E-state index contributed by atoms with van der Waals surface area (Å²) in [5.74, 6) is 0. The minimum Gasteiger partial charge on any atom is -0.384 e. The Kier molecular flexibility index (Phi) is 4.33. The monoisotopic (exact) mass is 258 g/mol. The Morgan fingerprint density at radius 2 is 2.25 bits per heavy atom. The third kappa shape index (κ3) is 3.03. The van der Waals surface area contributed by atoms with Crippen molar-refractivity contribution in [2.75, 3.05) is 18.4 Å². The zero-order valence-corrected chi connectivity index (χ0v) is 10.6. The van der Waals surface area contributed by atoms with Crippen LogP contribution in [-0.2, 0) is 0 Å². The molecule has 0 saturated carbocycles. The van der Waals surface area contributed by atoms with E-state index >= 15 is 0 Å². The lowest BCUT2D eigenvalue weighted by Crippen LogP contribution is -2.24. The Morgan fingerprint density at radius 3 is 3.00 bits per heavy atom. The number of rotatable bonds is 4. The fourth-order valence-electron chi connectivity index (χ4n) is 2.02. The molecule has 1 fully saturated rings. The molecule has 0 aromatic heterocycles. The number of hydrogen-bond donors (Lipinski definition) is 2. The van der Waals surface area contributed by atoms with E-state index in [1.165, 1.54) is 12.8 Å². The lowest BCUT2D eigenvalue weighted by atomic mass is 10.1. The summed E-state index contributed by atoms with van der Waals surface area (Å²) >= 11 is 12.0. The number of nitrogens with one attached hydrogen (secondary N) is 2. The van der Waals surface area contributed by atoms with Crippen molar-refractivity contribution in [3.8, 4) is 0 Å². The third-order valence-electron chi connectivity index (χ3n) is 2.92. The predicted molar refractivity (Wildman–Crippen MR) is 70.6 cm³/mol. The molecule has 0 aliphatic carbocycles. The van der Waals surface area contributed by atoms with E-state index in [1.54, 1.807) is 6.07 Å². The summed E-state index contributed by atoms with van der Waals surface area (Å²) in [5.41, 5.74) is 0.923. The maximum absolute atomic E-state index is 6.08. The molecular weight excluding hydrogens is 243 g/mol. The van der Waals surface area contributed by atoms with Gasteiger partial charge < -0.3 is 10.6 Å². The van der Waals surface area contributed by atoms with Gasteiger partial charge in [0.1, 0.15) is 0 Å². The van der Waals surface area contributed by atoms with Gasteiger partial charge in [-0.15, -0.1) is 0 Å². The zero-order chi connectivity index (χ0) is 11.4. The lowest BCUT2D eigenvalue weighted by molar-refractivity contribution is 0.574. The quantitative estimate of drug-likeness (QED) is 0.864. The predicted octanol–water partition coefficient (Wildman–Crippen LogP) is 3.55. The molecule has 1 aromatic rings. The molecule has 0 spiro atoms. The molecule has 1 aliphatic rings. The van der Waals surface area contributed by atoms with Crippen LogP contribution in [-0.4, -0.2) is 19.1 Å². The molecule has 0 bridgehead atoms. The SMILES string of the molecule is Clc1cccc(NCCC2CCCN2)c1Cl. The average molecular weight is 259 g/mol. The fourth-order valence-corrected chi connectivity index (χ4v) is 2.39. The van der Waals surface area contributed by atoms with E-state index in [0.29, 0.717) is 16.1 Å². The number of halogens is 2. The standard InChI is InChI=1S/C12H16Cl2N2/c13-10-4-1-5-11(12(10)14)16-8-6-9-3-2-7-15-9/h1,4-5,9,15-16H,2-3,6-8H2. The summed E-state index contributed by atoms with van der Waals surface area (Å²) in [6, 6.07) is 6.32. The summed E-state index contributed by atoms with van der Waals surface area (Å²) in [6.07, 6.45) is 3.70. The van der Waals surface area contributed by atoms with Crippen LogP contribution >= 0.6 is 23.2 Å². The van der Waals surface area contributed by atoms with Crippen LogP contribution in [0.25, 0.3) is 0 Å². The zero-order valence-electron chi connectivity index (χ0n) is 9.10. The molecule has 0 radical (unpaired) electrons. The first-order valence-electron chi connectivity index (χ1n) is 5.68. The second-order valence-corrected chi connectivity index (χ2v) is 4.90. The van der Waals surface area contributed by atoms with Crippen LogP contribution in [0.5, 0.6) is 0 Å². The normalized spacial score (nSPS) is 20.0. The van der Waals surface area contributed by atoms with Crippen LogP contribution in [0.2, 0.25) is 10.0 Å². The lowest BCUT2D eigenvalue weighted by Gasteiger charge is -2.12. The van der Waals surface area contributed by atoms with Gasteiger partial charge >= 0.3 is 0 Å². The Morgan fingerprint density at radius 1 is 1.38 bits per heavy atom. The molecule has 1 heterocycles. The minimum absolute atomic E-state index is 0.602. The molecular formula is C12H16Cl2N2. The van der Waals surface area contributed by atoms with E-state index < -0.39 is 0 Å². The molecule has 88 valence electrons. The molecule has 4 heteroatoms. The van der Waals surface area contributed by atoms with Crippen molar-refractivity contribution in [1.29, 1.82) is 0 Å². The third-order valence-corrected chi connectivity index (χ3v) is 3.74. The van der Waals surface area contributed by atoms with Gasteiger partial charge in [-0.25, -0.2) is 0 Å². The van der Waals surface area contributed by atoms with Crippen molar-refractivity contribution in [2.45, 2.75) is 25.3 Å². The highest BCUT2D eigenvalue weighted by atomic mass is 35.5. The summed E-state index contributed by atoms with van der Waals surface area (Å²) < 4.78 is 0. The highest BCUT2D eigenvalue weighted by molar-refractivity contribution is 6.43. The molecule has 2 N–H and O–H groups in total. The van der Waals surface area contributed by atoms with E-state index in [-0.39, 0.29) is 0 Å². The van der Waals surface area contributed by atoms with Crippen molar-refractivity contribution in [3.05, 3.63) is 28.2 Å². The van der Waals surface area contributed by atoms with Crippen molar-refractivity contribution in [3.63, 3.8) is 0 Å². The van der Waals surface area contributed by atoms with Gasteiger partial charge in [-0.2, -0.15) is 0 Å². The number of hydrogen-bond acceptors (Lipinski definition) is 2. The van der Waals surface area contributed by atoms with Crippen molar-refractivity contribution >= 4 is 28.9 Å². The van der Waals surface area contributed by atoms with E-state index in [9.17, 15) is 0 Å². The van der Waals surface area contributed by atoms with Gasteiger partial charge in [-0.1, -0.05) is 29.3 Å². The Labute approximate surface area is 106 Å². The average Bonchev–Trinajstić information content (AvgIpc) is 2.77. The van der Waals surface area contributed by atoms with Crippen molar-refractivity contribution < 1.29 is 0 Å². The van der Waals surface area contributed by atoms with E-state index in [0.717, 1.165) is 25.2 Å². The first-order chi connectivity index (χ1) is 7.77. The van der Waals surface area contributed by atoms with E-state index in [2.05, 4.69) is 10.6 Å². The first-order valence-corrected chi connectivity index (χ1v) is 6.44. The smallest absolute Gasteiger partial charge is 0.0823 e. The Bertz CT molecular complexity index is 349. The second kappa shape index (κ2) is 5.76. The number of anilines is 1. The molecule has 1 aromatic carbocycles. The van der Waals surface area contributed by atoms with Gasteiger partial charge in [-0.05, 0) is 37.9 Å². The fraction of sp³-hybridized carbons (Fsp3) is 0.500. The van der Waals surface area contributed by atoms with Gasteiger partial charge in [-0.3, -0.25) is 0 Å². The van der Waals surface area contributed by atoms with Crippen LogP contribution in [0.15, 0.2) is 18.2 Å². The van der Waals surface area contributed by atoms with Crippen LogP contribution in [0.1, 0.15) is 19.3 Å². The summed E-state index contributed by atoms with van der Waals surface area (Å²) in [5, 5.41) is 8.01. The maximum Gasteiger partial charge on any atom is 0.0823 e. The van der Waals surface area contributed by atoms with Crippen LogP contribution < -0.4 is 10.6 Å². The van der Waals surface area contributed by atoms with Crippen LogP contribution in [0, 0.1) is 0 Å². The Hall–Kier alpha value is -0.440. The molecule has 0 amide bonds. The van der Waals surface area contributed by atoms with E-state index in [4.69, 9.17) is 23.2 Å². The van der Waals surface area contributed by atoms with Gasteiger partial charge in [0.15, 0.2) is 0 Å². The largest absolute Gasteiger partial charge is 0.384 e. The second-order valence-electron chi connectivity index (χ2n) is 4.11. The maximum atomic E-state index is 6.08. The number of benzene rings is 1. The first kappa shape index (κ1) is 12.0. The minimum atomic E-state index is 0.602. The van der Waals surface area contributed by atoms with E-state index in [1.807, 2.05) is 12.1 Å². The van der Waals surface area contributed by atoms with Gasteiger partial charge in [0.25, 0.3) is 0 Å². The molecule has 16 heavy (non-hydrogen) atoms. The Balaban J connectivity index is 1.82. The van der Waals surface area contributed by atoms with Gasteiger partial charge in [0, 0.05) is 12.6 Å². The highest BCUT2D eigenvalue weighted by Gasteiger charge is 2.13. The summed E-state index contributed by atoms with van der Waals surface area (Å²) in [6.45, 7) is 2.08. The molecule has 1 aliphatic heterocycles. The highest BCUT2D eigenvalue weighted by Crippen LogP contribution is 2.29. The van der Waals surface area contributed by atoms with Crippen LogP contribution in [0.4, 0.5) is 5.69 Å². The van der Waals surface area contributed by atoms with Crippen molar-refractivity contribution in [1.82, 2.24) is 5.32 Å². The molecule has 2 rings (SSSR count). The summed E-state index contributed by atoms with van der Waals surface area (Å²) in [7, 11) is 0. The van der Waals surface area contributed by atoms with Gasteiger partial charge in [0.05, 0.1) is 15.7 Å². The van der Waals surface area contributed by atoms with Gasteiger partial charge in [0.2, 0.25) is 0 Å². The van der Waals surface area contributed by atoms with Crippen LogP contribution in [0.3, 0.4) is 0 Å². The molecule has 1 saturated heterocycles. The molecule has 1 atom stereocenters. The molecule has 1 unspecified atom stereocenters. The topological polar surface area (TPSA) is 24.1 Å². The van der Waals surface area contributed by atoms with Crippen molar-refractivity contribution in [2.24, 2.45) is 0 Å². The summed E-state index contributed by atoms with van der Waals surface area (Å²) in [4.78, 5) is 0.